The summed E-state index contributed by atoms with van der Waals surface area (Å²) in [6.07, 6.45) is 0. The van der Waals surface area contributed by atoms with Crippen LogP contribution in [0, 0.1) is 18.3 Å². The van der Waals surface area contributed by atoms with E-state index in [9.17, 15) is 0 Å². The average molecular weight is 302 g/mol. The van der Waals surface area contributed by atoms with Gasteiger partial charge < -0.3 is 9.47 Å². The van der Waals surface area contributed by atoms with Crippen LogP contribution in [-0.4, -0.2) is 7.11 Å². The third-order valence-corrected chi connectivity index (χ3v) is 3.56. The highest BCUT2D eigenvalue weighted by Crippen LogP contribution is 2.33. The molecule has 0 aliphatic carbocycles. The van der Waals surface area contributed by atoms with Crippen LogP contribution in [0.1, 0.15) is 22.3 Å². The molecular weight excluding hydrogens is 286 g/mol. The zero-order valence-corrected chi connectivity index (χ0v) is 12.8. The Morgan fingerprint density at radius 3 is 2.62 bits per heavy atom. The standard InChI is InChI=1S/C17H16ClNO2/c1-12-8-13(10-19)6-7-15(12)11-21-17-14(9-18)4-3-5-16(17)20-2/h3-8H,9,11H2,1-2H3. The summed E-state index contributed by atoms with van der Waals surface area (Å²) in [4.78, 5) is 0. The van der Waals surface area contributed by atoms with Crippen LogP contribution in [0.25, 0.3) is 0 Å². The van der Waals surface area contributed by atoms with Crippen molar-refractivity contribution >= 4 is 11.6 Å². The van der Waals surface area contributed by atoms with Crippen LogP contribution >= 0.6 is 11.6 Å². The second kappa shape index (κ2) is 7.01. The number of rotatable bonds is 5. The van der Waals surface area contributed by atoms with E-state index in [0.29, 0.717) is 29.5 Å². The van der Waals surface area contributed by atoms with Gasteiger partial charge in [0.15, 0.2) is 11.5 Å². The van der Waals surface area contributed by atoms with Crippen molar-refractivity contribution in [2.45, 2.75) is 19.4 Å². The van der Waals surface area contributed by atoms with Gasteiger partial charge in [0.1, 0.15) is 6.61 Å². The third-order valence-electron chi connectivity index (χ3n) is 3.27. The van der Waals surface area contributed by atoms with E-state index in [-0.39, 0.29) is 0 Å². The molecule has 0 aromatic heterocycles. The molecule has 2 rings (SSSR count). The maximum absolute atomic E-state index is 8.88. The maximum Gasteiger partial charge on any atom is 0.166 e. The zero-order valence-electron chi connectivity index (χ0n) is 12.0. The number of hydrogen-bond donors (Lipinski definition) is 0. The molecule has 0 aliphatic heterocycles. The first-order valence-electron chi connectivity index (χ1n) is 6.54. The third kappa shape index (κ3) is 3.48. The number of hydrogen-bond acceptors (Lipinski definition) is 3. The average Bonchev–Trinajstić information content (AvgIpc) is 2.53. The van der Waals surface area contributed by atoms with Crippen LogP contribution in [0.2, 0.25) is 0 Å². The zero-order chi connectivity index (χ0) is 15.2. The molecule has 0 N–H and O–H groups in total. The Kier molecular flexibility index (Phi) is 5.08. The van der Waals surface area contributed by atoms with Gasteiger partial charge >= 0.3 is 0 Å². The molecular formula is C17H16ClNO2. The van der Waals surface area contributed by atoms with Crippen LogP contribution in [0.15, 0.2) is 36.4 Å². The summed E-state index contributed by atoms with van der Waals surface area (Å²) in [5.74, 6) is 1.69. The van der Waals surface area contributed by atoms with Crippen molar-refractivity contribution in [2.75, 3.05) is 7.11 Å². The van der Waals surface area contributed by atoms with Crippen molar-refractivity contribution < 1.29 is 9.47 Å². The number of nitriles is 1. The normalized spacial score (nSPS) is 10.0. The molecule has 21 heavy (non-hydrogen) atoms. The van der Waals surface area contributed by atoms with Crippen LogP contribution < -0.4 is 9.47 Å². The summed E-state index contributed by atoms with van der Waals surface area (Å²) in [7, 11) is 1.60. The molecule has 3 nitrogen and oxygen atoms in total. The summed E-state index contributed by atoms with van der Waals surface area (Å²) < 4.78 is 11.2. The molecule has 0 saturated heterocycles. The van der Waals surface area contributed by atoms with Gasteiger partial charge in [-0.05, 0) is 36.2 Å². The molecule has 108 valence electrons. The fourth-order valence-corrected chi connectivity index (χ4v) is 2.28. The molecule has 4 heteroatoms. The lowest BCUT2D eigenvalue weighted by atomic mass is 10.1. The van der Waals surface area contributed by atoms with E-state index < -0.39 is 0 Å². The highest BCUT2D eigenvalue weighted by Gasteiger charge is 2.11. The Morgan fingerprint density at radius 1 is 1.19 bits per heavy atom. The quantitative estimate of drug-likeness (QED) is 0.778. The van der Waals surface area contributed by atoms with Gasteiger partial charge in [0.05, 0.1) is 24.6 Å². The predicted octanol–water partition coefficient (Wildman–Crippen LogP) is 4.19. The fourth-order valence-electron chi connectivity index (χ4n) is 2.07. The summed E-state index contributed by atoms with van der Waals surface area (Å²) >= 11 is 5.94. The minimum Gasteiger partial charge on any atom is -0.493 e. The lowest BCUT2D eigenvalue weighted by molar-refractivity contribution is 0.281. The molecule has 0 radical (unpaired) electrons. The van der Waals surface area contributed by atoms with Gasteiger partial charge in [-0.25, -0.2) is 0 Å². The number of aryl methyl sites for hydroxylation is 1. The summed E-state index contributed by atoms with van der Waals surface area (Å²) in [5, 5.41) is 8.88. The van der Waals surface area contributed by atoms with Crippen molar-refractivity contribution in [3.8, 4) is 17.6 Å². The molecule has 0 amide bonds. The first-order valence-corrected chi connectivity index (χ1v) is 7.07. The molecule has 0 spiro atoms. The summed E-state index contributed by atoms with van der Waals surface area (Å²) in [6.45, 7) is 2.37. The molecule has 0 bridgehead atoms. The fraction of sp³-hybridized carbons (Fsp3) is 0.235. The highest BCUT2D eigenvalue weighted by molar-refractivity contribution is 6.17. The number of alkyl halides is 1. The molecule has 0 aliphatic rings. The molecule has 0 atom stereocenters. The second-order valence-corrected chi connectivity index (χ2v) is 4.89. The van der Waals surface area contributed by atoms with E-state index in [1.54, 1.807) is 13.2 Å². The summed E-state index contributed by atoms with van der Waals surface area (Å²) in [6, 6.07) is 13.3. The van der Waals surface area contributed by atoms with Gasteiger partial charge in [-0.3, -0.25) is 0 Å². The lowest BCUT2D eigenvalue weighted by Crippen LogP contribution is -2.02. The number of ether oxygens (including phenoxy) is 2. The van der Waals surface area contributed by atoms with E-state index in [0.717, 1.165) is 16.7 Å². The van der Waals surface area contributed by atoms with Crippen LogP contribution in [0.4, 0.5) is 0 Å². The number of para-hydroxylation sites is 1. The molecule has 0 unspecified atom stereocenters. The SMILES string of the molecule is COc1cccc(CCl)c1OCc1ccc(C#N)cc1C. The second-order valence-electron chi connectivity index (χ2n) is 4.62. The number of benzene rings is 2. The largest absolute Gasteiger partial charge is 0.493 e. The van der Waals surface area contributed by atoms with Gasteiger partial charge in [0.2, 0.25) is 0 Å². The Balaban J connectivity index is 2.22. The van der Waals surface area contributed by atoms with Crippen LogP contribution in [0.3, 0.4) is 0 Å². The Bertz CT molecular complexity index is 655. The molecule has 2 aromatic carbocycles. The molecule has 0 heterocycles. The summed E-state index contributed by atoms with van der Waals surface area (Å²) in [5.41, 5.74) is 3.59. The van der Waals surface area contributed by atoms with Crippen molar-refractivity contribution in [2.24, 2.45) is 0 Å². The van der Waals surface area contributed by atoms with Crippen molar-refractivity contribution in [1.29, 1.82) is 5.26 Å². The minimum absolute atomic E-state index is 0.360. The monoisotopic (exact) mass is 301 g/mol. The van der Waals surface area contributed by atoms with Gasteiger partial charge in [0.25, 0.3) is 0 Å². The van der Waals surface area contributed by atoms with E-state index in [2.05, 4.69) is 6.07 Å². The van der Waals surface area contributed by atoms with E-state index in [1.165, 1.54) is 0 Å². The lowest BCUT2D eigenvalue weighted by Gasteiger charge is -2.15. The van der Waals surface area contributed by atoms with Crippen LogP contribution in [-0.2, 0) is 12.5 Å². The van der Waals surface area contributed by atoms with E-state index in [4.69, 9.17) is 26.3 Å². The van der Waals surface area contributed by atoms with Gasteiger partial charge in [-0.15, -0.1) is 11.6 Å². The minimum atomic E-state index is 0.360. The van der Waals surface area contributed by atoms with Gasteiger partial charge in [-0.1, -0.05) is 18.2 Å². The number of nitrogens with zero attached hydrogens (tertiary/aromatic N) is 1. The van der Waals surface area contributed by atoms with E-state index in [1.807, 2.05) is 37.3 Å². The smallest absolute Gasteiger partial charge is 0.166 e. The van der Waals surface area contributed by atoms with Crippen LogP contribution in [0.5, 0.6) is 11.5 Å². The predicted molar refractivity (Wildman–Crippen MR) is 82.8 cm³/mol. The Morgan fingerprint density at radius 2 is 2.00 bits per heavy atom. The Labute approximate surface area is 129 Å². The van der Waals surface area contributed by atoms with Gasteiger partial charge in [-0.2, -0.15) is 5.26 Å². The van der Waals surface area contributed by atoms with Crippen molar-refractivity contribution in [3.05, 3.63) is 58.7 Å². The van der Waals surface area contributed by atoms with Gasteiger partial charge in [0, 0.05) is 5.56 Å². The van der Waals surface area contributed by atoms with E-state index >= 15 is 0 Å². The first-order chi connectivity index (χ1) is 10.2. The maximum atomic E-state index is 8.88. The van der Waals surface area contributed by atoms with Crippen molar-refractivity contribution in [3.63, 3.8) is 0 Å². The van der Waals surface area contributed by atoms with Crippen molar-refractivity contribution in [1.82, 2.24) is 0 Å². The number of halogens is 1. The Hall–Kier alpha value is -2.18. The first kappa shape index (κ1) is 15.2. The molecule has 0 saturated carbocycles. The molecule has 2 aromatic rings. The number of methoxy groups -OCH3 is 1. The highest BCUT2D eigenvalue weighted by atomic mass is 35.5. The topological polar surface area (TPSA) is 42.2 Å². The molecule has 0 fully saturated rings.